The van der Waals surface area contributed by atoms with E-state index < -0.39 is 0 Å². The van der Waals surface area contributed by atoms with Crippen molar-refractivity contribution in [1.29, 1.82) is 0 Å². The number of hydrogen-bond donors (Lipinski definition) is 1. The summed E-state index contributed by atoms with van der Waals surface area (Å²) < 4.78 is 13.2. The highest BCUT2D eigenvalue weighted by molar-refractivity contribution is 6.42. The van der Waals surface area contributed by atoms with Crippen LogP contribution < -0.4 is 10.6 Å². The first kappa shape index (κ1) is 13.0. The van der Waals surface area contributed by atoms with Crippen LogP contribution in [0.25, 0.3) is 0 Å². The molecule has 2 rings (SSSR count). The van der Waals surface area contributed by atoms with Crippen molar-refractivity contribution in [3.63, 3.8) is 0 Å². The van der Waals surface area contributed by atoms with Gasteiger partial charge < -0.3 is 10.6 Å². The van der Waals surface area contributed by atoms with Crippen molar-refractivity contribution in [2.75, 3.05) is 17.7 Å². The molecule has 0 saturated heterocycles. The van der Waals surface area contributed by atoms with E-state index in [2.05, 4.69) is 0 Å². The van der Waals surface area contributed by atoms with Gasteiger partial charge in [-0.15, -0.1) is 0 Å². The minimum atomic E-state index is -0.307. The van der Waals surface area contributed by atoms with Crippen molar-refractivity contribution < 1.29 is 4.39 Å². The van der Waals surface area contributed by atoms with Crippen LogP contribution in [-0.2, 0) is 0 Å². The SMILES string of the molecule is CN(c1cccc(F)c1)c1cc(Cl)c(Cl)cc1N. The van der Waals surface area contributed by atoms with E-state index in [1.54, 1.807) is 36.2 Å². The van der Waals surface area contributed by atoms with E-state index in [-0.39, 0.29) is 5.82 Å². The van der Waals surface area contributed by atoms with E-state index in [4.69, 9.17) is 28.9 Å². The van der Waals surface area contributed by atoms with Crippen molar-refractivity contribution >= 4 is 40.3 Å². The average molecular weight is 285 g/mol. The summed E-state index contributed by atoms with van der Waals surface area (Å²) in [5.74, 6) is -0.307. The highest BCUT2D eigenvalue weighted by atomic mass is 35.5. The van der Waals surface area contributed by atoms with Gasteiger partial charge in [0.1, 0.15) is 5.82 Å². The Kier molecular flexibility index (Phi) is 3.64. The zero-order chi connectivity index (χ0) is 13.3. The minimum absolute atomic E-state index is 0.307. The molecule has 0 radical (unpaired) electrons. The standard InChI is InChI=1S/C13H11Cl2FN2/c1-18(9-4-2-3-8(16)5-9)13-7-11(15)10(14)6-12(13)17/h2-7H,17H2,1H3. The Morgan fingerprint density at radius 2 is 1.78 bits per heavy atom. The number of nitrogen functional groups attached to an aromatic ring is 1. The number of nitrogens with zero attached hydrogens (tertiary/aromatic N) is 1. The number of anilines is 3. The van der Waals surface area contributed by atoms with Crippen LogP contribution >= 0.6 is 23.2 Å². The lowest BCUT2D eigenvalue weighted by atomic mass is 10.2. The van der Waals surface area contributed by atoms with Crippen LogP contribution in [-0.4, -0.2) is 7.05 Å². The molecule has 5 heteroatoms. The molecule has 2 nitrogen and oxygen atoms in total. The molecule has 2 aromatic carbocycles. The molecule has 0 saturated carbocycles. The Labute approximate surface area is 115 Å². The fraction of sp³-hybridized carbons (Fsp3) is 0.0769. The molecule has 0 amide bonds. The predicted octanol–water partition coefficient (Wildman–Crippen LogP) is 4.48. The van der Waals surface area contributed by atoms with Crippen LogP contribution in [0.1, 0.15) is 0 Å². The molecule has 0 atom stereocenters. The first-order valence-electron chi connectivity index (χ1n) is 5.23. The summed E-state index contributed by atoms with van der Waals surface area (Å²) in [4.78, 5) is 1.75. The maximum absolute atomic E-state index is 13.2. The van der Waals surface area contributed by atoms with E-state index in [1.165, 1.54) is 12.1 Å². The summed E-state index contributed by atoms with van der Waals surface area (Å²) in [6, 6.07) is 9.45. The number of nitrogens with two attached hydrogens (primary N) is 1. The van der Waals surface area contributed by atoms with E-state index in [0.29, 0.717) is 27.1 Å². The van der Waals surface area contributed by atoms with Gasteiger partial charge in [0.05, 0.1) is 21.4 Å². The molecule has 0 aliphatic heterocycles. The highest BCUT2D eigenvalue weighted by Crippen LogP contribution is 2.35. The predicted molar refractivity (Wildman–Crippen MR) is 75.3 cm³/mol. The summed E-state index contributed by atoms with van der Waals surface area (Å²) in [5, 5.41) is 0.801. The molecule has 2 aromatic rings. The van der Waals surface area contributed by atoms with Gasteiger partial charge in [0, 0.05) is 12.7 Å². The first-order valence-corrected chi connectivity index (χ1v) is 5.98. The van der Waals surface area contributed by atoms with Gasteiger partial charge in [-0.05, 0) is 30.3 Å². The molecule has 2 N–H and O–H groups in total. The lowest BCUT2D eigenvalue weighted by Crippen LogP contribution is -2.11. The lowest BCUT2D eigenvalue weighted by molar-refractivity contribution is 0.628. The molecule has 0 aliphatic rings. The number of hydrogen-bond acceptors (Lipinski definition) is 2. The molecule has 0 aliphatic carbocycles. The largest absolute Gasteiger partial charge is 0.397 e. The lowest BCUT2D eigenvalue weighted by Gasteiger charge is -2.21. The van der Waals surface area contributed by atoms with E-state index in [0.717, 1.165) is 0 Å². The maximum Gasteiger partial charge on any atom is 0.125 e. The fourth-order valence-electron chi connectivity index (χ4n) is 1.67. The molecular weight excluding hydrogens is 274 g/mol. The Bertz CT molecular complexity index is 587. The quantitative estimate of drug-likeness (QED) is 0.824. The maximum atomic E-state index is 13.2. The molecule has 0 fully saturated rings. The van der Waals surface area contributed by atoms with Gasteiger partial charge in [-0.1, -0.05) is 29.3 Å². The van der Waals surface area contributed by atoms with Crippen LogP contribution in [0, 0.1) is 5.82 Å². The first-order chi connectivity index (χ1) is 8.49. The second-order valence-electron chi connectivity index (χ2n) is 3.86. The molecule has 0 bridgehead atoms. The van der Waals surface area contributed by atoms with Gasteiger partial charge in [0.25, 0.3) is 0 Å². The Morgan fingerprint density at radius 1 is 1.11 bits per heavy atom. The Hall–Kier alpha value is -1.45. The second-order valence-corrected chi connectivity index (χ2v) is 4.68. The Balaban J connectivity index is 2.46. The number of halogens is 3. The molecule has 0 spiro atoms. The van der Waals surface area contributed by atoms with Crippen molar-refractivity contribution in [3.8, 4) is 0 Å². The van der Waals surface area contributed by atoms with Gasteiger partial charge >= 0.3 is 0 Å². The zero-order valence-electron chi connectivity index (χ0n) is 9.62. The normalized spacial score (nSPS) is 10.4. The van der Waals surface area contributed by atoms with Gasteiger partial charge in [0.2, 0.25) is 0 Å². The molecular formula is C13H11Cl2FN2. The van der Waals surface area contributed by atoms with Crippen molar-refractivity contribution in [1.82, 2.24) is 0 Å². The average Bonchev–Trinajstić information content (AvgIpc) is 2.33. The molecule has 18 heavy (non-hydrogen) atoms. The van der Waals surface area contributed by atoms with Crippen LogP contribution in [0.15, 0.2) is 36.4 Å². The van der Waals surface area contributed by atoms with Crippen LogP contribution in [0.4, 0.5) is 21.5 Å². The fourth-order valence-corrected chi connectivity index (χ4v) is 2.00. The monoisotopic (exact) mass is 284 g/mol. The van der Waals surface area contributed by atoms with E-state index in [1.807, 2.05) is 0 Å². The van der Waals surface area contributed by atoms with E-state index >= 15 is 0 Å². The molecule has 94 valence electrons. The number of rotatable bonds is 2. The third kappa shape index (κ3) is 2.52. The second kappa shape index (κ2) is 5.04. The summed E-state index contributed by atoms with van der Waals surface area (Å²) >= 11 is 11.8. The summed E-state index contributed by atoms with van der Waals surface area (Å²) in [7, 11) is 1.78. The van der Waals surface area contributed by atoms with Gasteiger partial charge in [0.15, 0.2) is 0 Å². The zero-order valence-corrected chi connectivity index (χ0v) is 11.1. The van der Waals surface area contributed by atoms with Crippen LogP contribution in [0.5, 0.6) is 0 Å². The van der Waals surface area contributed by atoms with Crippen molar-refractivity contribution in [2.24, 2.45) is 0 Å². The van der Waals surface area contributed by atoms with Crippen LogP contribution in [0.3, 0.4) is 0 Å². The topological polar surface area (TPSA) is 29.3 Å². The van der Waals surface area contributed by atoms with Gasteiger partial charge in [-0.3, -0.25) is 0 Å². The summed E-state index contributed by atoms with van der Waals surface area (Å²) in [5.41, 5.74) is 7.73. The van der Waals surface area contributed by atoms with Gasteiger partial charge in [-0.25, -0.2) is 4.39 Å². The minimum Gasteiger partial charge on any atom is -0.397 e. The van der Waals surface area contributed by atoms with E-state index in [9.17, 15) is 4.39 Å². The molecule has 0 aromatic heterocycles. The van der Waals surface area contributed by atoms with Crippen molar-refractivity contribution in [2.45, 2.75) is 0 Å². The van der Waals surface area contributed by atoms with Gasteiger partial charge in [-0.2, -0.15) is 0 Å². The number of benzene rings is 2. The summed E-state index contributed by atoms with van der Waals surface area (Å²) in [6.07, 6.45) is 0. The molecule has 0 unspecified atom stereocenters. The smallest absolute Gasteiger partial charge is 0.125 e. The highest BCUT2D eigenvalue weighted by Gasteiger charge is 2.11. The van der Waals surface area contributed by atoms with Crippen LogP contribution in [0.2, 0.25) is 10.0 Å². The Morgan fingerprint density at radius 3 is 2.44 bits per heavy atom. The molecule has 0 heterocycles. The van der Waals surface area contributed by atoms with Crippen molar-refractivity contribution in [3.05, 3.63) is 52.3 Å². The third-order valence-electron chi connectivity index (χ3n) is 2.63. The third-order valence-corrected chi connectivity index (χ3v) is 3.35. The summed E-state index contributed by atoms with van der Waals surface area (Å²) in [6.45, 7) is 0.